The molecule has 0 bridgehead atoms. The summed E-state index contributed by atoms with van der Waals surface area (Å²) in [6, 6.07) is 9.36. The highest BCUT2D eigenvalue weighted by Gasteiger charge is 2.08. The highest BCUT2D eigenvalue weighted by molar-refractivity contribution is 5.76. The molecule has 3 aromatic rings. The number of hydrogen-bond donors (Lipinski definition) is 2. The van der Waals surface area contributed by atoms with Crippen LogP contribution in [0.4, 0.5) is 5.69 Å². The summed E-state index contributed by atoms with van der Waals surface area (Å²) in [7, 11) is 1.59. The number of nitrogens with zero attached hydrogens (tertiary/aromatic N) is 2. The lowest BCUT2D eigenvalue weighted by atomic mass is 10.2. The zero-order valence-corrected chi connectivity index (χ0v) is 9.84. The minimum Gasteiger partial charge on any atom is -0.495 e. The molecule has 0 saturated heterocycles. The van der Waals surface area contributed by atoms with Gasteiger partial charge in [-0.1, -0.05) is 0 Å². The van der Waals surface area contributed by atoms with Gasteiger partial charge in [-0.3, -0.25) is 0 Å². The molecule has 2 heterocycles. The Morgan fingerprint density at radius 3 is 2.94 bits per heavy atom. The van der Waals surface area contributed by atoms with E-state index in [1.54, 1.807) is 19.4 Å². The van der Waals surface area contributed by atoms with Crippen LogP contribution in [0.3, 0.4) is 0 Å². The van der Waals surface area contributed by atoms with E-state index in [1.165, 1.54) is 0 Å². The molecule has 0 aliphatic carbocycles. The SMILES string of the molecule is COc1cc(-c2nc3ncccc3[nH]2)ccc1N. The van der Waals surface area contributed by atoms with Crippen LogP contribution in [0, 0.1) is 0 Å². The lowest BCUT2D eigenvalue weighted by Crippen LogP contribution is -1.92. The molecule has 0 spiro atoms. The van der Waals surface area contributed by atoms with Crippen molar-refractivity contribution in [3.05, 3.63) is 36.5 Å². The van der Waals surface area contributed by atoms with Gasteiger partial charge in [0.1, 0.15) is 11.6 Å². The predicted octanol–water partition coefficient (Wildman–Crippen LogP) is 2.22. The molecule has 5 nitrogen and oxygen atoms in total. The molecule has 0 radical (unpaired) electrons. The van der Waals surface area contributed by atoms with Gasteiger partial charge in [-0.25, -0.2) is 9.97 Å². The van der Waals surface area contributed by atoms with Crippen LogP contribution >= 0.6 is 0 Å². The highest BCUT2D eigenvalue weighted by Crippen LogP contribution is 2.28. The van der Waals surface area contributed by atoms with Crippen LogP contribution in [0.15, 0.2) is 36.5 Å². The fraction of sp³-hybridized carbons (Fsp3) is 0.0769. The second-order valence-electron chi connectivity index (χ2n) is 3.92. The Labute approximate surface area is 104 Å². The highest BCUT2D eigenvalue weighted by atomic mass is 16.5. The van der Waals surface area contributed by atoms with Crippen molar-refractivity contribution >= 4 is 16.9 Å². The Morgan fingerprint density at radius 1 is 1.28 bits per heavy atom. The van der Waals surface area contributed by atoms with Crippen molar-refractivity contribution in [2.45, 2.75) is 0 Å². The van der Waals surface area contributed by atoms with E-state index in [1.807, 2.05) is 24.3 Å². The number of benzene rings is 1. The van der Waals surface area contributed by atoms with E-state index in [0.29, 0.717) is 17.1 Å². The molecule has 3 rings (SSSR count). The van der Waals surface area contributed by atoms with Crippen molar-refractivity contribution in [3.63, 3.8) is 0 Å². The molecule has 1 aromatic carbocycles. The quantitative estimate of drug-likeness (QED) is 0.673. The van der Waals surface area contributed by atoms with Crippen LogP contribution in [0.2, 0.25) is 0 Å². The van der Waals surface area contributed by atoms with Gasteiger partial charge < -0.3 is 15.5 Å². The fourth-order valence-corrected chi connectivity index (χ4v) is 1.84. The van der Waals surface area contributed by atoms with Crippen molar-refractivity contribution in [1.82, 2.24) is 15.0 Å². The summed E-state index contributed by atoms with van der Waals surface area (Å²) >= 11 is 0. The van der Waals surface area contributed by atoms with Gasteiger partial charge >= 0.3 is 0 Å². The third-order valence-electron chi connectivity index (χ3n) is 2.76. The number of pyridine rings is 1. The molecular formula is C13H12N4O. The number of imidazole rings is 1. The number of H-pyrrole nitrogens is 1. The number of nitrogens with two attached hydrogens (primary N) is 1. The molecule has 0 aliphatic heterocycles. The summed E-state index contributed by atoms with van der Waals surface area (Å²) in [5.74, 6) is 1.39. The van der Waals surface area contributed by atoms with Crippen LogP contribution in [0.1, 0.15) is 0 Å². The number of ether oxygens (including phenoxy) is 1. The molecule has 0 atom stereocenters. The molecular weight excluding hydrogens is 228 g/mol. The Morgan fingerprint density at radius 2 is 2.17 bits per heavy atom. The first-order valence-electron chi connectivity index (χ1n) is 5.52. The summed E-state index contributed by atoms with van der Waals surface area (Å²) < 4.78 is 5.20. The topological polar surface area (TPSA) is 76.8 Å². The van der Waals surface area contributed by atoms with Crippen LogP contribution < -0.4 is 10.5 Å². The monoisotopic (exact) mass is 240 g/mol. The fourth-order valence-electron chi connectivity index (χ4n) is 1.84. The average molecular weight is 240 g/mol. The van der Waals surface area contributed by atoms with Gasteiger partial charge in [-0.15, -0.1) is 0 Å². The predicted molar refractivity (Wildman–Crippen MR) is 70.3 cm³/mol. The number of aromatic amines is 1. The Kier molecular flexibility index (Phi) is 2.37. The average Bonchev–Trinajstić information content (AvgIpc) is 2.83. The van der Waals surface area contributed by atoms with Gasteiger partial charge in [0.2, 0.25) is 0 Å². The number of fused-ring (bicyclic) bond motifs is 1. The van der Waals surface area contributed by atoms with Gasteiger partial charge in [-0.05, 0) is 30.3 Å². The molecule has 2 aromatic heterocycles. The van der Waals surface area contributed by atoms with E-state index >= 15 is 0 Å². The van der Waals surface area contributed by atoms with E-state index in [4.69, 9.17) is 10.5 Å². The van der Waals surface area contributed by atoms with Gasteiger partial charge in [0, 0.05) is 11.8 Å². The maximum Gasteiger partial charge on any atom is 0.178 e. The van der Waals surface area contributed by atoms with Gasteiger partial charge in [0.15, 0.2) is 5.65 Å². The molecule has 0 saturated carbocycles. The Balaban J connectivity index is 2.13. The van der Waals surface area contributed by atoms with E-state index in [9.17, 15) is 0 Å². The van der Waals surface area contributed by atoms with E-state index < -0.39 is 0 Å². The third-order valence-corrected chi connectivity index (χ3v) is 2.76. The molecule has 5 heteroatoms. The van der Waals surface area contributed by atoms with Crippen LogP contribution in [0.25, 0.3) is 22.6 Å². The van der Waals surface area contributed by atoms with Gasteiger partial charge in [-0.2, -0.15) is 0 Å². The molecule has 0 amide bonds. The van der Waals surface area contributed by atoms with Crippen LogP contribution in [-0.4, -0.2) is 22.1 Å². The van der Waals surface area contributed by atoms with E-state index in [-0.39, 0.29) is 0 Å². The third kappa shape index (κ3) is 1.66. The first-order valence-corrected chi connectivity index (χ1v) is 5.52. The van der Waals surface area contributed by atoms with Crippen molar-refractivity contribution in [1.29, 1.82) is 0 Å². The standard InChI is InChI=1S/C13H12N4O/c1-18-11-7-8(4-5-9(11)14)12-16-10-3-2-6-15-13(10)17-12/h2-7H,14H2,1H3,(H,15,16,17). The zero-order chi connectivity index (χ0) is 12.5. The number of anilines is 1. The summed E-state index contributed by atoms with van der Waals surface area (Å²) in [5, 5.41) is 0. The summed E-state index contributed by atoms with van der Waals surface area (Å²) in [5.41, 5.74) is 8.91. The van der Waals surface area contributed by atoms with Crippen molar-refractivity contribution in [3.8, 4) is 17.1 Å². The van der Waals surface area contributed by atoms with E-state index in [0.717, 1.165) is 16.9 Å². The minimum absolute atomic E-state index is 0.607. The molecule has 3 N–H and O–H groups in total. The molecule has 0 fully saturated rings. The second-order valence-corrected chi connectivity index (χ2v) is 3.92. The number of rotatable bonds is 2. The summed E-state index contributed by atoms with van der Waals surface area (Å²) in [6.45, 7) is 0. The van der Waals surface area contributed by atoms with Gasteiger partial charge in [0.25, 0.3) is 0 Å². The Bertz CT molecular complexity index is 672. The summed E-state index contributed by atoms with van der Waals surface area (Å²) in [4.78, 5) is 11.8. The maximum absolute atomic E-state index is 5.79. The first kappa shape index (κ1) is 10.6. The smallest absolute Gasteiger partial charge is 0.178 e. The van der Waals surface area contributed by atoms with Crippen molar-refractivity contribution in [2.24, 2.45) is 0 Å². The number of hydrogen-bond acceptors (Lipinski definition) is 4. The minimum atomic E-state index is 0.607. The molecule has 0 unspecified atom stereocenters. The Hall–Kier alpha value is -2.56. The number of nitrogen functional groups attached to an aromatic ring is 1. The number of methoxy groups -OCH3 is 1. The normalized spacial score (nSPS) is 10.7. The zero-order valence-electron chi connectivity index (χ0n) is 9.84. The molecule has 18 heavy (non-hydrogen) atoms. The summed E-state index contributed by atoms with van der Waals surface area (Å²) in [6.07, 6.45) is 1.72. The maximum atomic E-state index is 5.79. The molecule has 90 valence electrons. The first-order chi connectivity index (χ1) is 8.78. The lowest BCUT2D eigenvalue weighted by Gasteiger charge is -2.05. The lowest BCUT2D eigenvalue weighted by molar-refractivity contribution is 0.417. The van der Waals surface area contributed by atoms with Crippen LogP contribution in [-0.2, 0) is 0 Å². The van der Waals surface area contributed by atoms with E-state index in [2.05, 4.69) is 15.0 Å². The van der Waals surface area contributed by atoms with Gasteiger partial charge in [0.05, 0.1) is 18.3 Å². The second kappa shape index (κ2) is 4.03. The van der Waals surface area contributed by atoms with Crippen LogP contribution in [0.5, 0.6) is 5.75 Å². The largest absolute Gasteiger partial charge is 0.495 e. The number of nitrogens with one attached hydrogen (secondary N) is 1. The number of aromatic nitrogens is 3. The molecule has 0 aliphatic rings. The van der Waals surface area contributed by atoms with Crippen molar-refractivity contribution in [2.75, 3.05) is 12.8 Å². The van der Waals surface area contributed by atoms with Crippen molar-refractivity contribution < 1.29 is 4.74 Å².